The van der Waals surface area contributed by atoms with Crippen LogP contribution in [0.2, 0.25) is 5.02 Å². The molecule has 1 unspecified atom stereocenters. The summed E-state index contributed by atoms with van der Waals surface area (Å²) in [5, 5.41) is 17.3. The SMILES string of the molecule is CC(C)c1nc(C(C)Nc2nnc(-c3ccccc3Cl)s2)cs1. The van der Waals surface area contributed by atoms with Gasteiger partial charge in [-0.05, 0) is 13.0 Å². The number of benzene rings is 1. The van der Waals surface area contributed by atoms with Crippen molar-refractivity contribution in [3.05, 3.63) is 45.4 Å². The highest BCUT2D eigenvalue weighted by Crippen LogP contribution is 2.33. The number of halogens is 1. The second-order valence-corrected chi connectivity index (χ2v) is 7.80. The lowest BCUT2D eigenvalue weighted by Gasteiger charge is -2.09. The van der Waals surface area contributed by atoms with Gasteiger partial charge in [0.1, 0.15) is 0 Å². The largest absolute Gasteiger partial charge is 0.352 e. The zero-order valence-electron chi connectivity index (χ0n) is 13.1. The fraction of sp³-hybridized carbons (Fsp3) is 0.312. The molecule has 23 heavy (non-hydrogen) atoms. The Morgan fingerprint density at radius 2 is 1.91 bits per heavy atom. The first-order valence-electron chi connectivity index (χ1n) is 7.35. The molecule has 1 atom stereocenters. The molecule has 0 amide bonds. The smallest absolute Gasteiger partial charge is 0.206 e. The van der Waals surface area contributed by atoms with Crippen molar-refractivity contribution < 1.29 is 0 Å². The molecule has 0 fully saturated rings. The molecule has 4 nitrogen and oxygen atoms in total. The molecule has 0 bridgehead atoms. The van der Waals surface area contributed by atoms with Crippen LogP contribution in [0.3, 0.4) is 0 Å². The van der Waals surface area contributed by atoms with E-state index < -0.39 is 0 Å². The van der Waals surface area contributed by atoms with Crippen molar-refractivity contribution in [1.29, 1.82) is 0 Å². The van der Waals surface area contributed by atoms with E-state index in [1.165, 1.54) is 11.3 Å². The van der Waals surface area contributed by atoms with E-state index in [2.05, 4.69) is 46.6 Å². The monoisotopic (exact) mass is 364 g/mol. The number of thiazole rings is 1. The van der Waals surface area contributed by atoms with Gasteiger partial charge in [0.05, 0.1) is 21.8 Å². The summed E-state index contributed by atoms with van der Waals surface area (Å²) in [5.74, 6) is 0.453. The molecule has 7 heteroatoms. The van der Waals surface area contributed by atoms with Crippen molar-refractivity contribution in [1.82, 2.24) is 15.2 Å². The van der Waals surface area contributed by atoms with Crippen molar-refractivity contribution in [3.63, 3.8) is 0 Å². The van der Waals surface area contributed by atoms with E-state index in [-0.39, 0.29) is 6.04 Å². The molecule has 1 aromatic carbocycles. The molecule has 3 aromatic rings. The Kier molecular flexibility index (Phi) is 4.94. The molecule has 0 aliphatic heterocycles. The van der Waals surface area contributed by atoms with Gasteiger partial charge in [0, 0.05) is 16.9 Å². The number of nitrogens with zero attached hydrogens (tertiary/aromatic N) is 3. The number of rotatable bonds is 5. The maximum absolute atomic E-state index is 6.21. The van der Waals surface area contributed by atoms with Gasteiger partial charge >= 0.3 is 0 Å². The van der Waals surface area contributed by atoms with Crippen molar-refractivity contribution in [2.45, 2.75) is 32.7 Å². The van der Waals surface area contributed by atoms with Gasteiger partial charge in [0.15, 0.2) is 5.01 Å². The normalized spacial score (nSPS) is 12.6. The third-order valence-electron chi connectivity index (χ3n) is 3.35. The maximum atomic E-state index is 6.21. The molecular weight excluding hydrogens is 348 g/mol. The number of anilines is 1. The van der Waals surface area contributed by atoms with Crippen LogP contribution in [-0.4, -0.2) is 15.2 Å². The summed E-state index contributed by atoms with van der Waals surface area (Å²) in [5.41, 5.74) is 1.94. The van der Waals surface area contributed by atoms with Crippen LogP contribution < -0.4 is 5.32 Å². The lowest BCUT2D eigenvalue weighted by molar-refractivity contribution is 0.799. The van der Waals surface area contributed by atoms with E-state index in [1.807, 2.05) is 24.3 Å². The third kappa shape index (κ3) is 3.71. The minimum Gasteiger partial charge on any atom is -0.352 e. The Morgan fingerprint density at radius 3 is 2.61 bits per heavy atom. The van der Waals surface area contributed by atoms with Gasteiger partial charge in [-0.3, -0.25) is 0 Å². The van der Waals surface area contributed by atoms with E-state index in [0.717, 1.165) is 26.4 Å². The van der Waals surface area contributed by atoms with E-state index in [0.29, 0.717) is 10.9 Å². The third-order valence-corrected chi connectivity index (χ3v) is 5.73. The fourth-order valence-electron chi connectivity index (χ4n) is 2.05. The lowest BCUT2D eigenvalue weighted by Crippen LogP contribution is -2.07. The van der Waals surface area contributed by atoms with Gasteiger partial charge in [0.2, 0.25) is 5.13 Å². The maximum Gasteiger partial charge on any atom is 0.206 e. The van der Waals surface area contributed by atoms with Crippen LogP contribution in [0.4, 0.5) is 5.13 Å². The van der Waals surface area contributed by atoms with Crippen LogP contribution in [0.1, 0.15) is 43.4 Å². The summed E-state index contributed by atoms with van der Waals surface area (Å²) in [6.07, 6.45) is 0. The summed E-state index contributed by atoms with van der Waals surface area (Å²) < 4.78 is 0. The molecule has 120 valence electrons. The van der Waals surface area contributed by atoms with E-state index in [1.54, 1.807) is 11.3 Å². The van der Waals surface area contributed by atoms with Crippen LogP contribution in [0.25, 0.3) is 10.6 Å². The van der Waals surface area contributed by atoms with Gasteiger partial charge in [0.25, 0.3) is 0 Å². The van der Waals surface area contributed by atoms with Gasteiger partial charge in [-0.1, -0.05) is 55.0 Å². The summed E-state index contributed by atoms with van der Waals surface area (Å²) in [6, 6.07) is 7.75. The summed E-state index contributed by atoms with van der Waals surface area (Å²) in [7, 11) is 0. The Labute approximate surface area is 148 Å². The molecular formula is C16H17ClN4S2. The van der Waals surface area contributed by atoms with E-state index in [9.17, 15) is 0 Å². The van der Waals surface area contributed by atoms with E-state index in [4.69, 9.17) is 11.6 Å². The number of aromatic nitrogens is 3. The second-order valence-electron chi connectivity index (χ2n) is 5.52. The van der Waals surface area contributed by atoms with Gasteiger partial charge < -0.3 is 5.32 Å². The molecule has 2 heterocycles. The molecule has 0 aliphatic carbocycles. The first kappa shape index (κ1) is 16.4. The standard InChI is InChI=1S/C16H17ClN4S2/c1-9(2)14-19-13(8-22-14)10(3)18-16-21-20-15(23-16)11-6-4-5-7-12(11)17/h4-10H,1-3H3,(H,18,21). The van der Waals surface area contributed by atoms with Crippen LogP contribution in [0.15, 0.2) is 29.6 Å². The predicted molar refractivity (Wildman–Crippen MR) is 98.6 cm³/mol. The number of hydrogen-bond acceptors (Lipinski definition) is 6. The van der Waals surface area contributed by atoms with Crippen molar-refractivity contribution in [2.24, 2.45) is 0 Å². The average Bonchev–Trinajstić information content (AvgIpc) is 3.16. The Hall–Kier alpha value is -1.50. The molecule has 2 aromatic heterocycles. The van der Waals surface area contributed by atoms with E-state index >= 15 is 0 Å². The number of nitrogens with one attached hydrogen (secondary N) is 1. The van der Waals surface area contributed by atoms with Gasteiger partial charge in [-0.15, -0.1) is 21.5 Å². The fourth-order valence-corrected chi connectivity index (χ4v) is 4.13. The lowest BCUT2D eigenvalue weighted by atomic mass is 10.2. The van der Waals surface area contributed by atoms with Gasteiger partial charge in [-0.25, -0.2) is 4.98 Å². The van der Waals surface area contributed by atoms with Crippen LogP contribution in [0.5, 0.6) is 0 Å². The summed E-state index contributed by atoms with van der Waals surface area (Å²) in [6.45, 7) is 6.39. The minimum absolute atomic E-state index is 0.0887. The molecule has 1 N–H and O–H groups in total. The average molecular weight is 365 g/mol. The summed E-state index contributed by atoms with van der Waals surface area (Å²) >= 11 is 9.41. The highest BCUT2D eigenvalue weighted by Gasteiger charge is 2.15. The first-order valence-corrected chi connectivity index (χ1v) is 9.42. The zero-order chi connectivity index (χ0) is 16.4. The first-order chi connectivity index (χ1) is 11.0. The van der Waals surface area contributed by atoms with Crippen molar-refractivity contribution >= 4 is 39.4 Å². The molecule has 0 saturated heterocycles. The minimum atomic E-state index is 0.0887. The molecule has 3 rings (SSSR count). The molecule has 0 radical (unpaired) electrons. The summed E-state index contributed by atoms with van der Waals surface area (Å²) in [4.78, 5) is 4.68. The highest BCUT2D eigenvalue weighted by molar-refractivity contribution is 7.18. The Morgan fingerprint density at radius 1 is 1.13 bits per heavy atom. The second kappa shape index (κ2) is 6.95. The molecule has 0 aliphatic rings. The number of hydrogen-bond donors (Lipinski definition) is 1. The van der Waals surface area contributed by atoms with Gasteiger partial charge in [-0.2, -0.15) is 0 Å². The predicted octanol–water partition coefficient (Wildman–Crippen LogP) is 5.61. The molecule has 0 spiro atoms. The van der Waals surface area contributed by atoms with Crippen LogP contribution in [-0.2, 0) is 0 Å². The highest BCUT2D eigenvalue weighted by atomic mass is 35.5. The van der Waals surface area contributed by atoms with Crippen molar-refractivity contribution in [3.8, 4) is 10.6 Å². The van der Waals surface area contributed by atoms with Crippen LogP contribution >= 0.6 is 34.3 Å². The topological polar surface area (TPSA) is 50.7 Å². The van der Waals surface area contributed by atoms with Crippen LogP contribution in [0, 0.1) is 0 Å². The molecule has 0 saturated carbocycles. The Bertz CT molecular complexity index is 797. The Balaban J connectivity index is 1.74. The zero-order valence-corrected chi connectivity index (χ0v) is 15.5. The van der Waals surface area contributed by atoms with Crippen molar-refractivity contribution in [2.75, 3.05) is 5.32 Å². The quantitative estimate of drug-likeness (QED) is 0.639.